The number of sulfonamides is 1. The van der Waals surface area contributed by atoms with Gasteiger partial charge in [0.2, 0.25) is 10.0 Å². The van der Waals surface area contributed by atoms with E-state index in [1.165, 1.54) is 6.07 Å². The Morgan fingerprint density at radius 2 is 1.80 bits per heavy atom. The first-order chi connectivity index (χ1) is 9.40. The number of rotatable bonds is 4. The Labute approximate surface area is 134 Å². The van der Waals surface area contributed by atoms with E-state index in [4.69, 9.17) is 5.73 Å². The van der Waals surface area contributed by atoms with Gasteiger partial charge in [-0.25, -0.2) is 13.1 Å². The van der Waals surface area contributed by atoms with Crippen molar-refractivity contribution in [2.24, 2.45) is 0 Å². The fourth-order valence-electron chi connectivity index (χ4n) is 1.66. The average Bonchev–Trinajstić information content (AvgIpc) is 2.37. The monoisotopic (exact) mass is 418 g/mol. The molecule has 0 bridgehead atoms. The minimum absolute atomic E-state index is 0.0766. The highest BCUT2D eigenvalue weighted by atomic mass is 79.9. The zero-order valence-corrected chi connectivity index (χ0v) is 14.3. The van der Waals surface area contributed by atoms with E-state index in [2.05, 4.69) is 36.6 Å². The molecule has 0 aromatic heterocycles. The van der Waals surface area contributed by atoms with Crippen molar-refractivity contribution >= 4 is 47.6 Å². The first kappa shape index (κ1) is 15.5. The molecule has 0 heterocycles. The molecule has 20 heavy (non-hydrogen) atoms. The van der Waals surface area contributed by atoms with Crippen molar-refractivity contribution in [2.45, 2.75) is 11.4 Å². The van der Waals surface area contributed by atoms with Gasteiger partial charge in [0.25, 0.3) is 0 Å². The molecule has 4 nitrogen and oxygen atoms in total. The molecule has 0 saturated carbocycles. The molecule has 3 N–H and O–H groups in total. The molecule has 0 aliphatic rings. The minimum atomic E-state index is -3.64. The van der Waals surface area contributed by atoms with Gasteiger partial charge in [0.05, 0.1) is 5.69 Å². The molecule has 2 rings (SSSR count). The molecule has 0 unspecified atom stereocenters. The molecule has 106 valence electrons. The lowest BCUT2D eigenvalue weighted by atomic mass is 10.2. The lowest BCUT2D eigenvalue weighted by molar-refractivity contribution is 0.581. The van der Waals surface area contributed by atoms with E-state index >= 15 is 0 Å². The fraction of sp³-hybridized carbons (Fsp3) is 0.0769. The minimum Gasteiger partial charge on any atom is -0.398 e. The van der Waals surface area contributed by atoms with Gasteiger partial charge in [0, 0.05) is 15.5 Å². The van der Waals surface area contributed by atoms with E-state index in [0.29, 0.717) is 0 Å². The lowest BCUT2D eigenvalue weighted by Crippen LogP contribution is -2.24. The van der Waals surface area contributed by atoms with Crippen LogP contribution in [0, 0.1) is 0 Å². The molecule has 2 aromatic carbocycles. The van der Waals surface area contributed by atoms with Crippen LogP contribution in [0.2, 0.25) is 0 Å². The Morgan fingerprint density at radius 3 is 2.45 bits per heavy atom. The van der Waals surface area contributed by atoms with Crippen LogP contribution in [0.5, 0.6) is 0 Å². The van der Waals surface area contributed by atoms with Crippen LogP contribution in [-0.4, -0.2) is 8.42 Å². The predicted molar refractivity (Wildman–Crippen MR) is 86.7 cm³/mol. The Hall–Kier alpha value is -0.890. The third-order valence-corrected chi connectivity index (χ3v) is 5.41. The first-order valence-corrected chi connectivity index (χ1v) is 8.75. The summed E-state index contributed by atoms with van der Waals surface area (Å²) in [6.45, 7) is 0.194. The second-order valence-electron chi connectivity index (χ2n) is 4.10. The Balaban J connectivity index is 2.22. The van der Waals surface area contributed by atoms with Gasteiger partial charge in [-0.15, -0.1) is 0 Å². The molecule has 0 fully saturated rings. The molecule has 0 aliphatic heterocycles. The van der Waals surface area contributed by atoms with Gasteiger partial charge in [-0.3, -0.25) is 0 Å². The third kappa shape index (κ3) is 3.60. The van der Waals surface area contributed by atoms with Crippen LogP contribution in [0.1, 0.15) is 5.56 Å². The maximum Gasteiger partial charge on any atom is 0.242 e. The van der Waals surface area contributed by atoms with Gasteiger partial charge in [0.15, 0.2) is 0 Å². The van der Waals surface area contributed by atoms with Gasteiger partial charge in [-0.2, -0.15) is 0 Å². The summed E-state index contributed by atoms with van der Waals surface area (Å²) in [7, 11) is -3.64. The molecule has 0 aliphatic carbocycles. The Morgan fingerprint density at radius 1 is 1.10 bits per heavy atom. The number of benzene rings is 2. The molecule has 0 amide bonds. The predicted octanol–water partition coefficient (Wildman–Crippen LogP) is 3.27. The number of nitrogen functional groups attached to an aromatic ring is 1. The number of anilines is 1. The van der Waals surface area contributed by atoms with Crippen LogP contribution in [0.3, 0.4) is 0 Å². The summed E-state index contributed by atoms with van der Waals surface area (Å²) in [5, 5.41) is 0. The van der Waals surface area contributed by atoms with Crippen molar-refractivity contribution in [1.29, 1.82) is 0 Å². The lowest BCUT2D eigenvalue weighted by Gasteiger charge is -2.10. The van der Waals surface area contributed by atoms with Crippen LogP contribution >= 0.6 is 31.9 Å². The largest absolute Gasteiger partial charge is 0.398 e. The molecular formula is C13H12Br2N2O2S. The number of nitrogens with two attached hydrogens (primary N) is 1. The highest BCUT2D eigenvalue weighted by Crippen LogP contribution is 2.23. The van der Waals surface area contributed by atoms with Gasteiger partial charge in [-0.05, 0) is 29.8 Å². The molecule has 0 saturated heterocycles. The van der Waals surface area contributed by atoms with E-state index in [-0.39, 0.29) is 17.1 Å². The van der Waals surface area contributed by atoms with Crippen LogP contribution in [0.4, 0.5) is 5.69 Å². The highest BCUT2D eigenvalue weighted by molar-refractivity contribution is 9.10. The summed E-state index contributed by atoms with van der Waals surface area (Å²) in [4.78, 5) is 0.0766. The smallest absolute Gasteiger partial charge is 0.242 e. The standard InChI is InChI=1S/C13H12Br2N2O2S/c14-10-5-6-13(12(16)7-10)20(18,19)17-8-9-3-1-2-4-11(9)15/h1-7,17H,8,16H2. The van der Waals surface area contributed by atoms with Crippen molar-refractivity contribution < 1.29 is 8.42 Å². The van der Waals surface area contributed by atoms with Crippen LogP contribution < -0.4 is 10.5 Å². The SMILES string of the molecule is Nc1cc(Br)ccc1S(=O)(=O)NCc1ccccc1Br. The van der Waals surface area contributed by atoms with Crippen molar-refractivity contribution in [2.75, 3.05) is 5.73 Å². The van der Waals surface area contributed by atoms with E-state index in [0.717, 1.165) is 14.5 Å². The second-order valence-corrected chi connectivity index (χ2v) is 7.60. The summed E-state index contributed by atoms with van der Waals surface area (Å²) < 4.78 is 28.6. The van der Waals surface area contributed by atoms with Crippen molar-refractivity contribution in [3.05, 3.63) is 57.0 Å². The van der Waals surface area contributed by atoms with E-state index in [1.54, 1.807) is 12.1 Å². The van der Waals surface area contributed by atoms with Gasteiger partial charge in [0.1, 0.15) is 4.90 Å². The first-order valence-electron chi connectivity index (χ1n) is 5.68. The summed E-state index contributed by atoms with van der Waals surface area (Å²) in [5.41, 5.74) is 6.81. The average molecular weight is 420 g/mol. The van der Waals surface area contributed by atoms with Gasteiger partial charge >= 0.3 is 0 Å². The van der Waals surface area contributed by atoms with Crippen LogP contribution in [-0.2, 0) is 16.6 Å². The zero-order chi connectivity index (χ0) is 14.8. The number of nitrogens with one attached hydrogen (secondary N) is 1. The second kappa shape index (κ2) is 6.26. The molecule has 2 aromatic rings. The topological polar surface area (TPSA) is 72.2 Å². The fourth-order valence-corrected chi connectivity index (χ4v) is 3.58. The third-order valence-electron chi connectivity index (χ3n) is 2.67. The van der Waals surface area contributed by atoms with Gasteiger partial charge < -0.3 is 5.73 Å². The molecule has 0 atom stereocenters. The summed E-state index contributed by atoms with van der Waals surface area (Å²) >= 11 is 6.63. The Bertz CT molecular complexity index is 733. The Kier molecular flexibility index (Phi) is 4.85. The number of hydrogen-bond donors (Lipinski definition) is 2. The molecule has 0 radical (unpaired) electrons. The summed E-state index contributed by atoms with van der Waals surface area (Å²) in [6.07, 6.45) is 0. The quantitative estimate of drug-likeness (QED) is 0.747. The van der Waals surface area contributed by atoms with E-state index < -0.39 is 10.0 Å². The van der Waals surface area contributed by atoms with Crippen molar-refractivity contribution in [3.8, 4) is 0 Å². The summed E-state index contributed by atoms with van der Waals surface area (Å²) in [6, 6.07) is 12.1. The zero-order valence-electron chi connectivity index (χ0n) is 10.3. The van der Waals surface area contributed by atoms with Gasteiger partial charge in [-0.1, -0.05) is 50.1 Å². The molecule has 0 spiro atoms. The van der Waals surface area contributed by atoms with Crippen LogP contribution in [0.15, 0.2) is 56.3 Å². The van der Waals surface area contributed by atoms with Crippen LogP contribution in [0.25, 0.3) is 0 Å². The van der Waals surface area contributed by atoms with E-state index in [1.807, 2.05) is 24.3 Å². The normalized spacial score (nSPS) is 11.5. The summed E-state index contributed by atoms with van der Waals surface area (Å²) in [5.74, 6) is 0. The van der Waals surface area contributed by atoms with Crippen molar-refractivity contribution in [1.82, 2.24) is 4.72 Å². The van der Waals surface area contributed by atoms with Crippen molar-refractivity contribution in [3.63, 3.8) is 0 Å². The maximum atomic E-state index is 12.2. The number of hydrogen-bond acceptors (Lipinski definition) is 3. The number of halogens is 2. The molecule has 7 heteroatoms. The molecular weight excluding hydrogens is 408 g/mol. The maximum absolute atomic E-state index is 12.2. The van der Waals surface area contributed by atoms with E-state index in [9.17, 15) is 8.42 Å². The highest BCUT2D eigenvalue weighted by Gasteiger charge is 2.17.